The SMILES string of the molecule is Cn1c(=O)oc2cc(C=O)cc(F)c21. The van der Waals surface area contributed by atoms with Crippen molar-refractivity contribution < 1.29 is 13.6 Å². The maximum Gasteiger partial charge on any atom is 0.419 e. The van der Waals surface area contributed by atoms with Crippen LogP contribution in [-0.4, -0.2) is 10.9 Å². The maximum absolute atomic E-state index is 13.3. The van der Waals surface area contributed by atoms with Gasteiger partial charge in [-0.1, -0.05) is 0 Å². The van der Waals surface area contributed by atoms with E-state index in [1.807, 2.05) is 0 Å². The first-order chi connectivity index (χ1) is 6.63. The molecule has 1 aromatic carbocycles. The van der Waals surface area contributed by atoms with Gasteiger partial charge in [0.1, 0.15) is 11.8 Å². The predicted octanol–water partition coefficient (Wildman–Crippen LogP) is 1.08. The summed E-state index contributed by atoms with van der Waals surface area (Å²) >= 11 is 0. The molecule has 0 bridgehead atoms. The summed E-state index contributed by atoms with van der Waals surface area (Å²) in [6.07, 6.45) is 0.496. The molecule has 0 aliphatic carbocycles. The molecule has 0 N–H and O–H groups in total. The zero-order valence-corrected chi connectivity index (χ0v) is 7.28. The van der Waals surface area contributed by atoms with Gasteiger partial charge < -0.3 is 4.42 Å². The van der Waals surface area contributed by atoms with Crippen molar-refractivity contribution in [1.82, 2.24) is 4.57 Å². The van der Waals surface area contributed by atoms with E-state index in [2.05, 4.69) is 0 Å². The quantitative estimate of drug-likeness (QED) is 0.640. The number of aldehydes is 1. The largest absolute Gasteiger partial charge is 0.419 e. The van der Waals surface area contributed by atoms with E-state index in [-0.39, 0.29) is 16.7 Å². The standard InChI is InChI=1S/C9H6FNO3/c1-11-8-6(10)2-5(4-12)3-7(8)14-9(11)13/h2-4H,1H3. The Balaban J connectivity index is 2.96. The molecule has 0 atom stereocenters. The number of carbonyl (C=O) groups is 1. The normalized spacial score (nSPS) is 10.7. The van der Waals surface area contributed by atoms with Crippen LogP contribution in [0.1, 0.15) is 10.4 Å². The number of halogens is 1. The van der Waals surface area contributed by atoms with Crippen LogP contribution in [0.15, 0.2) is 21.3 Å². The number of hydrogen-bond acceptors (Lipinski definition) is 3. The van der Waals surface area contributed by atoms with Crippen molar-refractivity contribution in [3.63, 3.8) is 0 Å². The number of aromatic nitrogens is 1. The summed E-state index contributed by atoms with van der Waals surface area (Å²) in [7, 11) is 1.40. The molecule has 2 aromatic rings. The zero-order valence-electron chi connectivity index (χ0n) is 7.28. The van der Waals surface area contributed by atoms with E-state index in [1.165, 1.54) is 13.1 Å². The molecule has 5 heteroatoms. The highest BCUT2D eigenvalue weighted by Crippen LogP contribution is 2.17. The third kappa shape index (κ3) is 1.06. The van der Waals surface area contributed by atoms with Gasteiger partial charge in [0.05, 0.1) is 0 Å². The van der Waals surface area contributed by atoms with Crippen LogP contribution in [0.5, 0.6) is 0 Å². The van der Waals surface area contributed by atoms with Crippen molar-refractivity contribution in [2.75, 3.05) is 0 Å². The topological polar surface area (TPSA) is 52.2 Å². The summed E-state index contributed by atoms with van der Waals surface area (Å²) in [5.41, 5.74) is 0.296. The van der Waals surface area contributed by atoms with Gasteiger partial charge in [-0.05, 0) is 12.1 Å². The summed E-state index contributed by atoms with van der Waals surface area (Å²) in [6.45, 7) is 0. The lowest BCUT2D eigenvalue weighted by Crippen LogP contribution is -2.09. The van der Waals surface area contributed by atoms with E-state index in [0.29, 0.717) is 6.29 Å². The van der Waals surface area contributed by atoms with Gasteiger partial charge >= 0.3 is 5.76 Å². The van der Waals surface area contributed by atoms with Gasteiger partial charge in [0.2, 0.25) is 0 Å². The number of rotatable bonds is 1. The summed E-state index contributed by atoms with van der Waals surface area (Å²) < 4.78 is 19.1. The van der Waals surface area contributed by atoms with Crippen LogP contribution in [-0.2, 0) is 7.05 Å². The van der Waals surface area contributed by atoms with Crippen LogP contribution in [0.2, 0.25) is 0 Å². The summed E-state index contributed by atoms with van der Waals surface area (Å²) in [4.78, 5) is 21.4. The van der Waals surface area contributed by atoms with E-state index >= 15 is 0 Å². The van der Waals surface area contributed by atoms with Crippen molar-refractivity contribution in [3.05, 3.63) is 34.1 Å². The molecule has 1 heterocycles. The van der Waals surface area contributed by atoms with Crippen LogP contribution in [0.4, 0.5) is 4.39 Å². The minimum Gasteiger partial charge on any atom is -0.408 e. The lowest BCUT2D eigenvalue weighted by atomic mass is 10.2. The molecule has 0 fully saturated rings. The number of fused-ring (bicyclic) bond motifs is 1. The van der Waals surface area contributed by atoms with Crippen LogP contribution < -0.4 is 5.76 Å². The van der Waals surface area contributed by atoms with Crippen molar-refractivity contribution in [1.29, 1.82) is 0 Å². The summed E-state index contributed by atoms with van der Waals surface area (Å²) in [5, 5.41) is 0. The average Bonchev–Trinajstić information content (AvgIpc) is 2.43. The first-order valence-corrected chi connectivity index (χ1v) is 3.87. The molecule has 4 nitrogen and oxygen atoms in total. The Morgan fingerprint density at radius 2 is 2.21 bits per heavy atom. The number of benzene rings is 1. The van der Waals surface area contributed by atoms with Gasteiger partial charge in [0.25, 0.3) is 0 Å². The van der Waals surface area contributed by atoms with Gasteiger partial charge in [-0.2, -0.15) is 0 Å². The number of carbonyl (C=O) groups excluding carboxylic acids is 1. The first kappa shape index (κ1) is 8.68. The van der Waals surface area contributed by atoms with Crippen molar-refractivity contribution in [2.45, 2.75) is 0 Å². The molecule has 0 aliphatic rings. The molecule has 72 valence electrons. The number of aryl methyl sites for hydroxylation is 1. The summed E-state index contributed by atoms with van der Waals surface area (Å²) in [5.74, 6) is -1.29. The molecule has 1 aromatic heterocycles. The highest BCUT2D eigenvalue weighted by atomic mass is 19.1. The van der Waals surface area contributed by atoms with Gasteiger partial charge in [0, 0.05) is 12.6 Å². The third-order valence-corrected chi connectivity index (χ3v) is 1.99. The molecular weight excluding hydrogens is 189 g/mol. The second kappa shape index (κ2) is 2.80. The molecular formula is C9H6FNO3. The molecule has 14 heavy (non-hydrogen) atoms. The number of hydrogen-bond donors (Lipinski definition) is 0. The molecule has 0 radical (unpaired) electrons. The first-order valence-electron chi connectivity index (χ1n) is 3.87. The Morgan fingerprint density at radius 3 is 2.86 bits per heavy atom. The van der Waals surface area contributed by atoms with Gasteiger partial charge in [-0.3, -0.25) is 9.36 Å². The Labute approximate surface area is 77.6 Å². The second-order valence-corrected chi connectivity index (χ2v) is 2.89. The van der Waals surface area contributed by atoms with Crippen LogP contribution in [0.25, 0.3) is 11.1 Å². The van der Waals surface area contributed by atoms with E-state index in [0.717, 1.165) is 10.6 Å². The molecule has 2 rings (SSSR count). The average molecular weight is 195 g/mol. The van der Waals surface area contributed by atoms with Crippen LogP contribution in [0, 0.1) is 5.82 Å². The fourth-order valence-corrected chi connectivity index (χ4v) is 1.32. The Kier molecular flexibility index (Phi) is 1.73. The van der Waals surface area contributed by atoms with Crippen molar-refractivity contribution in [2.24, 2.45) is 7.05 Å². The van der Waals surface area contributed by atoms with Crippen LogP contribution >= 0.6 is 0 Å². The van der Waals surface area contributed by atoms with Gasteiger partial charge in [-0.15, -0.1) is 0 Å². The van der Waals surface area contributed by atoms with E-state index in [4.69, 9.17) is 4.42 Å². The van der Waals surface area contributed by atoms with E-state index in [1.54, 1.807) is 0 Å². The highest BCUT2D eigenvalue weighted by Gasteiger charge is 2.11. The zero-order chi connectivity index (χ0) is 10.3. The lowest BCUT2D eigenvalue weighted by Gasteiger charge is -1.94. The van der Waals surface area contributed by atoms with Crippen molar-refractivity contribution in [3.8, 4) is 0 Å². The van der Waals surface area contributed by atoms with Gasteiger partial charge in [0.15, 0.2) is 11.4 Å². The van der Waals surface area contributed by atoms with Crippen LogP contribution in [0.3, 0.4) is 0 Å². The molecule has 0 amide bonds. The number of oxazole rings is 1. The number of nitrogens with zero attached hydrogens (tertiary/aromatic N) is 1. The maximum atomic E-state index is 13.3. The Bertz CT molecular complexity index is 567. The summed E-state index contributed by atoms with van der Waals surface area (Å²) in [6, 6.07) is 2.39. The third-order valence-electron chi connectivity index (χ3n) is 1.99. The Morgan fingerprint density at radius 1 is 1.50 bits per heavy atom. The fourth-order valence-electron chi connectivity index (χ4n) is 1.32. The predicted molar refractivity (Wildman–Crippen MR) is 46.8 cm³/mol. The monoisotopic (exact) mass is 195 g/mol. The second-order valence-electron chi connectivity index (χ2n) is 2.89. The van der Waals surface area contributed by atoms with E-state index in [9.17, 15) is 14.0 Å². The smallest absolute Gasteiger partial charge is 0.408 e. The fraction of sp³-hybridized carbons (Fsp3) is 0.111. The lowest BCUT2D eigenvalue weighted by molar-refractivity contribution is 0.112. The molecule has 0 aliphatic heterocycles. The van der Waals surface area contributed by atoms with E-state index < -0.39 is 11.6 Å². The molecule has 0 saturated carbocycles. The van der Waals surface area contributed by atoms with Gasteiger partial charge in [-0.25, -0.2) is 9.18 Å². The minimum atomic E-state index is -0.651. The minimum absolute atomic E-state index is 0.0700. The molecule has 0 saturated heterocycles. The van der Waals surface area contributed by atoms with Crippen molar-refractivity contribution >= 4 is 17.4 Å². The molecule has 0 spiro atoms. The highest BCUT2D eigenvalue weighted by molar-refractivity contribution is 5.84. The Hall–Kier alpha value is -1.91. The molecule has 0 unspecified atom stereocenters.